The highest BCUT2D eigenvalue weighted by Gasteiger charge is 2.30. The Morgan fingerprint density at radius 2 is 2.20 bits per heavy atom. The molecule has 1 aliphatic heterocycles. The average Bonchev–Trinajstić information content (AvgIpc) is 2.89. The van der Waals surface area contributed by atoms with Crippen LogP contribution in [0, 0.1) is 11.3 Å². The molecule has 0 spiro atoms. The molecule has 1 saturated heterocycles. The van der Waals surface area contributed by atoms with Crippen LogP contribution in [0.25, 0.3) is 11.0 Å². The highest BCUT2D eigenvalue weighted by molar-refractivity contribution is 5.74. The zero-order valence-corrected chi connectivity index (χ0v) is 11.5. The minimum atomic E-state index is -0.279. The Morgan fingerprint density at radius 1 is 1.40 bits per heavy atom. The molecule has 0 atom stereocenters. The molecular formula is C15H19N5. The molecule has 20 heavy (non-hydrogen) atoms. The third-order valence-corrected chi connectivity index (χ3v) is 4.17. The number of nitriles is 1. The molecule has 1 aliphatic rings. The summed E-state index contributed by atoms with van der Waals surface area (Å²) in [6.45, 7) is 2.84. The summed E-state index contributed by atoms with van der Waals surface area (Å²) in [7, 11) is 0. The van der Waals surface area contributed by atoms with E-state index in [1.807, 2.05) is 6.07 Å². The lowest BCUT2D eigenvalue weighted by molar-refractivity contribution is 0.157. The van der Waals surface area contributed by atoms with Crippen molar-refractivity contribution in [2.75, 3.05) is 13.1 Å². The molecule has 0 aliphatic carbocycles. The van der Waals surface area contributed by atoms with Crippen LogP contribution in [0.5, 0.6) is 0 Å². The SMILES string of the molecule is N#CCC1(N)CCN(Cc2ccc3nc[nH]c3c2)CC1. The molecule has 1 aromatic heterocycles. The van der Waals surface area contributed by atoms with E-state index in [4.69, 9.17) is 11.0 Å². The van der Waals surface area contributed by atoms with E-state index in [-0.39, 0.29) is 5.54 Å². The Bertz CT molecular complexity index is 631. The van der Waals surface area contributed by atoms with E-state index in [1.165, 1.54) is 5.56 Å². The Hall–Kier alpha value is -1.90. The molecule has 104 valence electrons. The number of hydrogen-bond donors (Lipinski definition) is 2. The summed E-state index contributed by atoms with van der Waals surface area (Å²) < 4.78 is 0. The van der Waals surface area contributed by atoms with Gasteiger partial charge in [-0.25, -0.2) is 4.98 Å². The third-order valence-electron chi connectivity index (χ3n) is 4.17. The van der Waals surface area contributed by atoms with Crippen LogP contribution in [0.1, 0.15) is 24.8 Å². The van der Waals surface area contributed by atoms with Gasteiger partial charge in [-0.15, -0.1) is 0 Å². The van der Waals surface area contributed by atoms with Crippen LogP contribution >= 0.6 is 0 Å². The van der Waals surface area contributed by atoms with Gasteiger partial charge in [-0.1, -0.05) is 6.07 Å². The summed E-state index contributed by atoms with van der Waals surface area (Å²) in [5.41, 5.74) is 9.31. The molecule has 5 heteroatoms. The molecule has 2 heterocycles. The van der Waals surface area contributed by atoms with Crippen molar-refractivity contribution in [1.29, 1.82) is 5.26 Å². The van der Waals surface area contributed by atoms with Crippen LogP contribution in [-0.4, -0.2) is 33.5 Å². The predicted molar refractivity (Wildman–Crippen MR) is 77.8 cm³/mol. The average molecular weight is 269 g/mol. The molecule has 1 aromatic carbocycles. The van der Waals surface area contributed by atoms with Crippen molar-refractivity contribution in [3.8, 4) is 6.07 Å². The minimum Gasteiger partial charge on any atom is -0.345 e. The number of nitrogens with two attached hydrogens (primary N) is 1. The second-order valence-corrected chi connectivity index (χ2v) is 5.73. The molecule has 0 bridgehead atoms. The number of aromatic nitrogens is 2. The largest absolute Gasteiger partial charge is 0.345 e. The van der Waals surface area contributed by atoms with Crippen molar-refractivity contribution in [3.63, 3.8) is 0 Å². The maximum Gasteiger partial charge on any atom is 0.0931 e. The first-order valence-corrected chi connectivity index (χ1v) is 6.99. The van der Waals surface area contributed by atoms with Gasteiger partial charge in [0.2, 0.25) is 0 Å². The number of imidazole rings is 1. The second kappa shape index (κ2) is 5.23. The topological polar surface area (TPSA) is 81.7 Å². The molecule has 0 amide bonds. The third kappa shape index (κ3) is 2.67. The number of aromatic amines is 1. The summed E-state index contributed by atoms with van der Waals surface area (Å²) in [4.78, 5) is 9.77. The van der Waals surface area contributed by atoms with E-state index in [9.17, 15) is 0 Å². The van der Waals surface area contributed by atoms with E-state index >= 15 is 0 Å². The van der Waals surface area contributed by atoms with Crippen molar-refractivity contribution in [2.24, 2.45) is 5.73 Å². The van der Waals surface area contributed by atoms with Crippen LogP contribution in [-0.2, 0) is 6.54 Å². The van der Waals surface area contributed by atoms with E-state index in [2.05, 4.69) is 33.1 Å². The maximum atomic E-state index is 8.81. The van der Waals surface area contributed by atoms with Gasteiger partial charge in [0.1, 0.15) is 0 Å². The number of hydrogen-bond acceptors (Lipinski definition) is 4. The number of piperidine rings is 1. The van der Waals surface area contributed by atoms with E-state index in [0.717, 1.165) is 43.5 Å². The summed E-state index contributed by atoms with van der Waals surface area (Å²) >= 11 is 0. The lowest BCUT2D eigenvalue weighted by atomic mass is 9.86. The fourth-order valence-electron chi connectivity index (χ4n) is 2.83. The zero-order chi connectivity index (χ0) is 14.0. The number of fused-ring (bicyclic) bond motifs is 1. The monoisotopic (exact) mass is 269 g/mol. The number of H-pyrrole nitrogens is 1. The molecule has 2 aromatic rings. The molecule has 3 rings (SSSR count). The smallest absolute Gasteiger partial charge is 0.0931 e. The maximum absolute atomic E-state index is 8.81. The van der Waals surface area contributed by atoms with Gasteiger partial charge in [-0.3, -0.25) is 4.90 Å². The quantitative estimate of drug-likeness (QED) is 0.889. The lowest BCUT2D eigenvalue weighted by Crippen LogP contribution is -2.49. The molecule has 3 N–H and O–H groups in total. The van der Waals surface area contributed by atoms with Gasteiger partial charge in [0.05, 0.1) is 29.9 Å². The van der Waals surface area contributed by atoms with Crippen LogP contribution in [0.3, 0.4) is 0 Å². The van der Waals surface area contributed by atoms with Crippen molar-refractivity contribution in [2.45, 2.75) is 31.3 Å². The Balaban J connectivity index is 1.63. The van der Waals surface area contributed by atoms with Crippen LogP contribution in [0.2, 0.25) is 0 Å². The van der Waals surface area contributed by atoms with Gasteiger partial charge in [0, 0.05) is 25.2 Å². The fourth-order valence-corrected chi connectivity index (χ4v) is 2.83. The molecular weight excluding hydrogens is 250 g/mol. The van der Waals surface area contributed by atoms with Crippen molar-refractivity contribution >= 4 is 11.0 Å². The highest BCUT2D eigenvalue weighted by Crippen LogP contribution is 2.24. The van der Waals surface area contributed by atoms with E-state index in [1.54, 1.807) is 6.33 Å². The van der Waals surface area contributed by atoms with Gasteiger partial charge in [0.15, 0.2) is 0 Å². The predicted octanol–water partition coefficient (Wildman–Crippen LogP) is 1.77. The van der Waals surface area contributed by atoms with Crippen molar-refractivity contribution < 1.29 is 0 Å². The Kier molecular flexibility index (Phi) is 3.43. The highest BCUT2D eigenvalue weighted by atomic mass is 15.1. The van der Waals surface area contributed by atoms with Crippen molar-refractivity contribution in [1.82, 2.24) is 14.9 Å². The van der Waals surface area contributed by atoms with E-state index < -0.39 is 0 Å². The van der Waals surface area contributed by atoms with Crippen LogP contribution in [0.15, 0.2) is 24.5 Å². The van der Waals surface area contributed by atoms with Gasteiger partial charge in [-0.05, 0) is 30.5 Å². The van der Waals surface area contributed by atoms with Crippen LogP contribution < -0.4 is 5.73 Å². The first kappa shape index (κ1) is 13.1. The first-order chi connectivity index (χ1) is 9.68. The Morgan fingerprint density at radius 3 is 2.95 bits per heavy atom. The standard InChI is InChI=1S/C15H19N5/c16-6-3-15(17)4-7-20(8-5-15)10-12-1-2-13-14(9-12)19-11-18-13/h1-2,9,11H,3-5,7-8,10,17H2,(H,18,19). The summed E-state index contributed by atoms with van der Waals surface area (Å²) in [6, 6.07) is 8.54. The van der Waals surface area contributed by atoms with E-state index in [0.29, 0.717) is 6.42 Å². The fraction of sp³-hybridized carbons (Fsp3) is 0.467. The number of rotatable bonds is 3. The molecule has 0 saturated carbocycles. The number of nitrogens with zero attached hydrogens (tertiary/aromatic N) is 3. The van der Waals surface area contributed by atoms with Crippen LogP contribution in [0.4, 0.5) is 0 Å². The number of nitrogens with one attached hydrogen (secondary N) is 1. The molecule has 1 fully saturated rings. The first-order valence-electron chi connectivity index (χ1n) is 6.99. The lowest BCUT2D eigenvalue weighted by Gasteiger charge is -2.37. The summed E-state index contributed by atoms with van der Waals surface area (Å²) in [5, 5.41) is 8.81. The number of likely N-dealkylation sites (tertiary alicyclic amines) is 1. The van der Waals surface area contributed by atoms with Gasteiger partial charge < -0.3 is 10.7 Å². The second-order valence-electron chi connectivity index (χ2n) is 5.73. The van der Waals surface area contributed by atoms with Gasteiger partial charge >= 0.3 is 0 Å². The van der Waals surface area contributed by atoms with Gasteiger partial charge in [0.25, 0.3) is 0 Å². The Labute approximate surface area is 118 Å². The summed E-state index contributed by atoms with van der Waals surface area (Å²) in [5.74, 6) is 0. The minimum absolute atomic E-state index is 0.279. The normalized spacial score (nSPS) is 19.0. The summed E-state index contributed by atoms with van der Waals surface area (Å²) in [6.07, 6.45) is 3.97. The van der Waals surface area contributed by atoms with Gasteiger partial charge in [-0.2, -0.15) is 5.26 Å². The molecule has 0 radical (unpaired) electrons. The zero-order valence-electron chi connectivity index (χ0n) is 11.5. The molecule has 0 unspecified atom stereocenters. The molecule has 5 nitrogen and oxygen atoms in total. The van der Waals surface area contributed by atoms with Crippen molar-refractivity contribution in [3.05, 3.63) is 30.1 Å². The number of benzene rings is 1.